The Kier molecular flexibility index (Phi) is 7.50. The molecule has 0 fully saturated rings. The molecule has 112 valence electrons. The van der Waals surface area contributed by atoms with Crippen molar-refractivity contribution in [1.82, 2.24) is 10.6 Å². The molecule has 1 rings (SSSR count). The second-order valence-corrected chi connectivity index (χ2v) is 4.80. The summed E-state index contributed by atoms with van der Waals surface area (Å²) in [4.78, 5) is 13.7. The zero-order chi connectivity index (χ0) is 14.8. The third-order valence-electron chi connectivity index (χ3n) is 3.20. The number of hydrogen-bond acceptors (Lipinski definition) is 3. The van der Waals surface area contributed by atoms with Gasteiger partial charge in [-0.3, -0.25) is 0 Å². The van der Waals surface area contributed by atoms with E-state index in [9.17, 15) is 4.79 Å². The minimum Gasteiger partial charge on any atom is -0.394 e. The van der Waals surface area contributed by atoms with Crippen LogP contribution in [0.5, 0.6) is 0 Å². The monoisotopic (exact) mass is 279 g/mol. The lowest BCUT2D eigenvalue weighted by atomic mass is 10.2. The van der Waals surface area contributed by atoms with Crippen LogP contribution in [0, 0.1) is 0 Å². The van der Waals surface area contributed by atoms with Gasteiger partial charge in [0, 0.05) is 25.8 Å². The van der Waals surface area contributed by atoms with Crippen molar-refractivity contribution in [3.8, 4) is 0 Å². The van der Waals surface area contributed by atoms with Crippen molar-refractivity contribution in [1.29, 1.82) is 0 Å². The van der Waals surface area contributed by atoms with Crippen molar-refractivity contribution in [2.75, 3.05) is 31.6 Å². The number of benzene rings is 1. The number of anilines is 1. The molecule has 0 aliphatic carbocycles. The van der Waals surface area contributed by atoms with Gasteiger partial charge < -0.3 is 20.6 Å². The summed E-state index contributed by atoms with van der Waals surface area (Å²) in [6.45, 7) is 3.39. The number of aliphatic hydroxyl groups is 1. The van der Waals surface area contributed by atoms with E-state index in [1.165, 1.54) is 5.69 Å². The van der Waals surface area contributed by atoms with Gasteiger partial charge in [-0.1, -0.05) is 25.1 Å². The quantitative estimate of drug-likeness (QED) is 0.633. The molecule has 0 saturated carbocycles. The number of carbonyl (C=O) groups is 1. The summed E-state index contributed by atoms with van der Waals surface area (Å²) < 4.78 is 0. The summed E-state index contributed by atoms with van der Waals surface area (Å²) >= 11 is 0. The van der Waals surface area contributed by atoms with Crippen LogP contribution in [0.2, 0.25) is 0 Å². The number of urea groups is 1. The highest BCUT2D eigenvalue weighted by atomic mass is 16.3. The van der Waals surface area contributed by atoms with Crippen LogP contribution in [0.4, 0.5) is 10.5 Å². The van der Waals surface area contributed by atoms with Crippen molar-refractivity contribution in [2.24, 2.45) is 0 Å². The zero-order valence-electron chi connectivity index (χ0n) is 12.3. The van der Waals surface area contributed by atoms with Gasteiger partial charge in [0.2, 0.25) is 0 Å². The Labute approximate surface area is 121 Å². The third kappa shape index (κ3) is 5.93. The number of aliphatic hydroxyl groups excluding tert-OH is 1. The van der Waals surface area contributed by atoms with E-state index in [2.05, 4.69) is 27.7 Å². The highest BCUT2D eigenvalue weighted by Crippen LogP contribution is 2.10. The minimum atomic E-state index is -0.215. The third-order valence-corrected chi connectivity index (χ3v) is 3.20. The Morgan fingerprint density at radius 2 is 2.05 bits per heavy atom. The smallest absolute Gasteiger partial charge is 0.315 e. The molecular formula is C15H25N3O2. The highest BCUT2D eigenvalue weighted by Gasteiger charge is 2.08. The average molecular weight is 279 g/mol. The van der Waals surface area contributed by atoms with Gasteiger partial charge in [0.1, 0.15) is 0 Å². The molecule has 20 heavy (non-hydrogen) atoms. The maximum absolute atomic E-state index is 11.5. The Bertz CT molecular complexity index is 380. The number of amides is 2. The fourth-order valence-electron chi connectivity index (χ4n) is 1.84. The predicted molar refractivity (Wildman–Crippen MR) is 82.0 cm³/mol. The summed E-state index contributed by atoms with van der Waals surface area (Å²) in [5.74, 6) is 0. The van der Waals surface area contributed by atoms with E-state index in [1.807, 2.05) is 32.2 Å². The molecule has 0 saturated heterocycles. The van der Waals surface area contributed by atoms with E-state index < -0.39 is 0 Å². The van der Waals surface area contributed by atoms with E-state index >= 15 is 0 Å². The standard InChI is InChI=1S/C15H25N3O2/c1-3-13(12-19)17-15(20)16-10-7-11-18(2)14-8-5-4-6-9-14/h4-6,8-9,13,19H,3,7,10-12H2,1-2H3,(H2,16,17,20). The van der Waals surface area contributed by atoms with Gasteiger partial charge in [0.25, 0.3) is 0 Å². The lowest BCUT2D eigenvalue weighted by Gasteiger charge is -2.19. The molecule has 0 aromatic heterocycles. The summed E-state index contributed by atoms with van der Waals surface area (Å²) in [6, 6.07) is 9.76. The van der Waals surface area contributed by atoms with Gasteiger partial charge >= 0.3 is 6.03 Å². The number of para-hydroxylation sites is 1. The van der Waals surface area contributed by atoms with Gasteiger partial charge in [-0.15, -0.1) is 0 Å². The molecule has 1 aromatic rings. The van der Waals surface area contributed by atoms with Gasteiger partial charge in [0.05, 0.1) is 12.6 Å². The largest absolute Gasteiger partial charge is 0.394 e. The van der Waals surface area contributed by atoms with E-state index in [0.717, 1.165) is 19.4 Å². The second kappa shape index (κ2) is 9.20. The summed E-state index contributed by atoms with van der Waals surface area (Å²) in [5, 5.41) is 14.5. The minimum absolute atomic E-state index is 0.0271. The molecule has 0 aliphatic heterocycles. The SMILES string of the molecule is CCC(CO)NC(=O)NCCCN(C)c1ccccc1. The maximum atomic E-state index is 11.5. The number of nitrogens with zero attached hydrogens (tertiary/aromatic N) is 1. The predicted octanol–water partition coefficient (Wildman–Crippen LogP) is 1.58. The molecule has 1 unspecified atom stereocenters. The van der Waals surface area contributed by atoms with Gasteiger partial charge in [-0.2, -0.15) is 0 Å². The fourth-order valence-corrected chi connectivity index (χ4v) is 1.84. The van der Waals surface area contributed by atoms with Crippen molar-refractivity contribution in [2.45, 2.75) is 25.8 Å². The molecule has 0 spiro atoms. The normalized spacial score (nSPS) is 11.8. The van der Waals surface area contributed by atoms with E-state index in [-0.39, 0.29) is 18.7 Å². The van der Waals surface area contributed by atoms with Crippen LogP contribution in [0.15, 0.2) is 30.3 Å². The number of rotatable bonds is 8. The second-order valence-electron chi connectivity index (χ2n) is 4.80. The van der Waals surface area contributed by atoms with Crippen LogP contribution >= 0.6 is 0 Å². The molecule has 5 nitrogen and oxygen atoms in total. The maximum Gasteiger partial charge on any atom is 0.315 e. The van der Waals surface area contributed by atoms with E-state index in [4.69, 9.17) is 5.11 Å². The molecule has 2 amide bonds. The van der Waals surface area contributed by atoms with Crippen LogP contribution in [-0.2, 0) is 0 Å². The van der Waals surface area contributed by atoms with E-state index in [1.54, 1.807) is 0 Å². The first-order chi connectivity index (χ1) is 9.67. The lowest BCUT2D eigenvalue weighted by Crippen LogP contribution is -2.44. The van der Waals surface area contributed by atoms with Crippen LogP contribution in [0.3, 0.4) is 0 Å². The Morgan fingerprint density at radius 1 is 1.35 bits per heavy atom. The van der Waals surface area contributed by atoms with Crippen molar-refractivity contribution in [3.63, 3.8) is 0 Å². The zero-order valence-corrected chi connectivity index (χ0v) is 12.3. The topological polar surface area (TPSA) is 64.6 Å². The van der Waals surface area contributed by atoms with Gasteiger partial charge in [-0.25, -0.2) is 4.79 Å². The Balaban J connectivity index is 2.17. The molecule has 3 N–H and O–H groups in total. The molecule has 5 heteroatoms. The fraction of sp³-hybridized carbons (Fsp3) is 0.533. The number of hydrogen-bond donors (Lipinski definition) is 3. The lowest BCUT2D eigenvalue weighted by molar-refractivity contribution is 0.214. The summed E-state index contributed by atoms with van der Waals surface area (Å²) in [6.07, 6.45) is 1.59. The van der Waals surface area contributed by atoms with Crippen LogP contribution in [0.25, 0.3) is 0 Å². The molecular weight excluding hydrogens is 254 g/mol. The van der Waals surface area contributed by atoms with E-state index in [0.29, 0.717) is 6.54 Å². The van der Waals surface area contributed by atoms with Crippen molar-refractivity contribution >= 4 is 11.7 Å². The van der Waals surface area contributed by atoms with Crippen LogP contribution < -0.4 is 15.5 Å². The van der Waals surface area contributed by atoms with Gasteiger partial charge in [0.15, 0.2) is 0 Å². The number of nitrogens with one attached hydrogen (secondary N) is 2. The van der Waals surface area contributed by atoms with Gasteiger partial charge in [-0.05, 0) is 25.0 Å². The first kappa shape index (κ1) is 16.3. The van der Waals surface area contributed by atoms with Crippen LogP contribution in [-0.4, -0.2) is 43.9 Å². The molecule has 1 aromatic carbocycles. The molecule has 0 bridgehead atoms. The number of carbonyl (C=O) groups excluding carboxylic acids is 1. The first-order valence-electron chi connectivity index (χ1n) is 7.08. The Hall–Kier alpha value is -1.75. The highest BCUT2D eigenvalue weighted by molar-refractivity contribution is 5.74. The Morgan fingerprint density at radius 3 is 2.65 bits per heavy atom. The average Bonchev–Trinajstić information content (AvgIpc) is 2.49. The molecule has 1 atom stereocenters. The first-order valence-corrected chi connectivity index (χ1v) is 7.08. The molecule has 0 aliphatic rings. The van der Waals surface area contributed by atoms with Crippen LogP contribution in [0.1, 0.15) is 19.8 Å². The summed E-state index contributed by atoms with van der Waals surface area (Å²) in [5.41, 5.74) is 1.17. The molecule has 0 heterocycles. The van der Waals surface area contributed by atoms with Crippen molar-refractivity contribution in [3.05, 3.63) is 30.3 Å². The van der Waals surface area contributed by atoms with Crippen molar-refractivity contribution < 1.29 is 9.90 Å². The molecule has 0 radical (unpaired) electrons. The summed E-state index contributed by atoms with van der Waals surface area (Å²) in [7, 11) is 2.04.